The zero-order chi connectivity index (χ0) is 17.1. The van der Waals surface area contributed by atoms with Crippen LogP contribution in [0.15, 0.2) is 60.7 Å². The predicted molar refractivity (Wildman–Crippen MR) is 98.1 cm³/mol. The largest absolute Gasteiger partial charge is 0.445 e. The van der Waals surface area contributed by atoms with E-state index < -0.39 is 0 Å². The van der Waals surface area contributed by atoms with E-state index in [4.69, 9.17) is 4.74 Å². The van der Waals surface area contributed by atoms with Crippen molar-refractivity contribution in [3.05, 3.63) is 71.8 Å². The number of hydrogen-bond donors (Lipinski definition) is 0. The average molecular weight is 335 g/mol. The molecule has 1 saturated heterocycles. The summed E-state index contributed by atoms with van der Waals surface area (Å²) in [4.78, 5) is 14.2. The standard InChI is InChI=1S/C22H25NO2/c24-22(25-16-18-9-5-2-6-10-18)23-14-20-12-19(13-21(20)15-23)11-17-7-3-1-4-8-17/h1-10,19-21H,11-16H2/t19?,20-,21+. The highest BCUT2D eigenvalue weighted by molar-refractivity contribution is 5.68. The molecule has 0 spiro atoms. The minimum atomic E-state index is -0.155. The summed E-state index contributed by atoms with van der Waals surface area (Å²) in [6, 6.07) is 20.6. The Bertz CT molecular complexity index is 686. The Kier molecular flexibility index (Phi) is 4.73. The summed E-state index contributed by atoms with van der Waals surface area (Å²) in [6.45, 7) is 2.09. The van der Waals surface area contributed by atoms with Crippen LogP contribution >= 0.6 is 0 Å². The highest BCUT2D eigenvalue weighted by Gasteiger charge is 2.42. The molecule has 1 heterocycles. The van der Waals surface area contributed by atoms with Crippen LogP contribution in [0.25, 0.3) is 0 Å². The van der Waals surface area contributed by atoms with Gasteiger partial charge in [0.2, 0.25) is 0 Å². The molecule has 1 unspecified atom stereocenters. The van der Waals surface area contributed by atoms with Gasteiger partial charge in [-0.05, 0) is 48.1 Å². The van der Waals surface area contributed by atoms with Crippen LogP contribution in [0.4, 0.5) is 4.79 Å². The Hall–Kier alpha value is -2.29. The monoisotopic (exact) mass is 335 g/mol. The van der Waals surface area contributed by atoms with E-state index in [0.717, 1.165) is 24.6 Å². The van der Waals surface area contributed by atoms with Crippen LogP contribution in [-0.2, 0) is 17.8 Å². The van der Waals surface area contributed by atoms with Gasteiger partial charge in [0, 0.05) is 13.1 Å². The van der Waals surface area contributed by atoms with Crippen molar-refractivity contribution in [2.75, 3.05) is 13.1 Å². The highest BCUT2D eigenvalue weighted by atomic mass is 16.6. The molecule has 0 radical (unpaired) electrons. The van der Waals surface area contributed by atoms with Gasteiger partial charge in [0.05, 0.1) is 0 Å². The van der Waals surface area contributed by atoms with E-state index in [1.165, 1.54) is 24.8 Å². The van der Waals surface area contributed by atoms with Crippen molar-refractivity contribution >= 4 is 6.09 Å². The minimum absolute atomic E-state index is 0.155. The van der Waals surface area contributed by atoms with E-state index in [-0.39, 0.29) is 6.09 Å². The molecule has 2 fully saturated rings. The lowest BCUT2D eigenvalue weighted by molar-refractivity contribution is 0.101. The van der Waals surface area contributed by atoms with Crippen LogP contribution in [0.1, 0.15) is 24.0 Å². The number of fused-ring (bicyclic) bond motifs is 1. The second kappa shape index (κ2) is 7.30. The van der Waals surface area contributed by atoms with Gasteiger partial charge in [0.15, 0.2) is 0 Å². The first-order valence-corrected chi connectivity index (χ1v) is 9.27. The lowest BCUT2D eigenvalue weighted by Crippen LogP contribution is -2.30. The summed E-state index contributed by atoms with van der Waals surface area (Å²) in [7, 11) is 0. The molecule has 0 bridgehead atoms. The van der Waals surface area contributed by atoms with E-state index in [0.29, 0.717) is 18.4 Å². The molecule has 2 aliphatic rings. The van der Waals surface area contributed by atoms with Crippen LogP contribution in [0, 0.1) is 17.8 Å². The number of carbonyl (C=O) groups excluding carboxylic acids is 1. The molecule has 0 aromatic heterocycles. The molecule has 130 valence electrons. The SMILES string of the molecule is O=C(OCc1ccccc1)N1C[C@H]2CC(Cc3ccccc3)C[C@H]2C1. The fourth-order valence-corrected chi connectivity index (χ4v) is 4.50. The van der Waals surface area contributed by atoms with E-state index >= 15 is 0 Å². The molecule has 1 amide bonds. The zero-order valence-corrected chi connectivity index (χ0v) is 14.5. The number of benzene rings is 2. The molecule has 3 nitrogen and oxygen atoms in total. The van der Waals surface area contributed by atoms with Gasteiger partial charge >= 0.3 is 6.09 Å². The normalized spacial score (nSPS) is 25.0. The summed E-state index contributed by atoms with van der Waals surface area (Å²) >= 11 is 0. The first-order valence-electron chi connectivity index (χ1n) is 9.27. The smallest absolute Gasteiger partial charge is 0.410 e. The lowest BCUT2D eigenvalue weighted by atomic mass is 9.96. The van der Waals surface area contributed by atoms with Crippen molar-refractivity contribution < 1.29 is 9.53 Å². The molecular weight excluding hydrogens is 310 g/mol. The number of rotatable bonds is 4. The Balaban J connectivity index is 1.25. The summed E-state index contributed by atoms with van der Waals surface area (Å²) in [5.74, 6) is 2.07. The van der Waals surface area contributed by atoms with Crippen molar-refractivity contribution in [2.45, 2.75) is 25.9 Å². The Labute approximate surface area is 149 Å². The van der Waals surface area contributed by atoms with Crippen molar-refractivity contribution in [2.24, 2.45) is 17.8 Å². The summed E-state index contributed by atoms with van der Waals surface area (Å²) in [5.41, 5.74) is 2.48. The van der Waals surface area contributed by atoms with Crippen molar-refractivity contribution in [3.63, 3.8) is 0 Å². The molecule has 2 aromatic rings. The van der Waals surface area contributed by atoms with Gasteiger partial charge in [-0.25, -0.2) is 4.79 Å². The van der Waals surface area contributed by atoms with Crippen LogP contribution in [0.5, 0.6) is 0 Å². The Morgan fingerprint density at radius 2 is 1.44 bits per heavy atom. The second-order valence-electron chi connectivity index (χ2n) is 7.49. The van der Waals surface area contributed by atoms with Crippen molar-refractivity contribution in [1.29, 1.82) is 0 Å². The van der Waals surface area contributed by atoms with Crippen molar-refractivity contribution in [1.82, 2.24) is 4.90 Å². The molecule has 0 N–H and O–H groups in total. The molecule has 3 heteroatoms. The molecule has 1 saturated carbocycles. The van der Waals surface area contributed by atoms with E-state index in [1.807, 2.05) is 35.2 Å². The summed E-state index contributed by atoms with van der Waals surface area (Å²) < 4.78 is 5.49. The maximum atomic E-state index is 12.3. The minimum Gasteiger partial charge on any atom is -0.445 e. The number of hydrogen-bond acceptors (Lipinski definition) is 2. The second-order valence-corrected chi connectivity index (χ2v) is 7.49. The Morgan fingerprint density at radius 1 is 0.880 bits per heavy atom. The maximum Gasteiger partial charge on any atom is 0.410 e. The Morgan fingerprint density at radius 3 is 2.04 bits per heavy atom. The van der Waals surface area contributed by atoms with Crippen LogP contribution in [0.2, 0.25) is 0 Å². The number of amides is 1. The topological polar surface area (TPSA) is 29.5 Å². The third-order valence-corrected chi connectivity index (χ3v) is 5.68. The number of likely N-dealkylation sites (tertiary alicyclic amines) is 1. The van der Waals surface area contributed by atoms with Crippen LogP contribution < -0.4 is 0 Å². The molecule has 3 atom stereocenters. The van der Waals surface area contributed by atoms with Gasteiger partial charge in [0.25, 0.3) is 0 Å². The fourth-order valence-electron chi connectivity index (χ4n) is 4.50. The number of nitrogens with zero attached hydrogens (tertiary/aromatic N) is 1. The number of ether oxygens (including phenoxy) is 1. The highest BCUT2D eigenvalue weighted by Crippen LogP contribution is 2.42. The molecule has 1 aliphatic carbocycles. The van der Waals surface area contributed by atoms with Crippen LogP contribution in [0.3, 0.4) is 0 Å². The molecular formula is C22H25NO2. The predicted octanol–water partition coefficient (Wildman–Crippen LogP) is 4.52. The van der Waals surface area contributed by atoms with Gasteiger partial charge in [-0.1, -0.05) is 60.7 Å². The van der Waals surface area contributed by atoms with E-state index in [2.05, 4.69) is 30.3 Å². The quantitative estimate of drug-likeness (QED) is 0.822. The van der Waals surface area contributed by atoms with E-state index in [1.54, 1.807) is 0 Å². The van der Waals surface area contributed by atoms with E-state index in [9.17, 15) is 4.79 Å². The third-order valence-electron chi connectivity index (χ3n) is 5.68. The van der Waals surface area contributed by atoms with Gasteiger partial charge in [0.1, 0.15) is 6.61 Å². The average Bonchev–Trinajstić information content (AvgIpc) is 3.20. The summed E-state index contributed by atoms with van der Waals surface area (Å²) in [6.07, 6.45) is 3.49. The third kappa shape index (κ3) is 3.87. The molecule has 1 aliphatic heterocycles. The summed E-state index contributed by atoms with van der Waals surface area (Å²) in [5, 5.41) is 0. The zero-order valence-electron chi connectivity index (χ0n) is 14.5. The van der Waals surface area contributed by atoms with Crippen molar-refractivity contribution in [3.8, 4) is 0 Å². The molecule has 2 aromatic carbocycles. The number of carbonyl (C=O) groups is 1. The lowest BCUT2D eigenvalue weighted by Gasteiger charge is -2.19. The fraction of sp³-hybridized carbons (Fsp3) is 0.409. The van der Waals surface area contributed by atoms with Crippen LogP contribution in [-0.4, -0.2) is 24.1 Å². The van der Waals surface area contributed by atoms with Gasteiger partial charge in [-0.3, -0.25) is 0 Å². The first-order chi connectivity index (χ1) is 12.3. The van der Waals surface area contributed by atoms with Gasteiger partial charge in [-0.15, -0.1) is 0 Å². The maximum absolute atomic E-state index is 12.3. The van der Waals surface area contributed by atoms with Gasteiger partial charge in [-0.2, -0.15) is 0 Å². The first kappa shape index (κ1) is 16.2. The molecule has 4 rings (SSSR count). The van der Waals surface area contributed by atoms with Gasteiger partial charge < -0.3 is 9.64 Å². The molecule has 25 heavy (non-hydrogen) atoms.